The molecule has 1 saturated carbocycles. The summed E-state index contributed by atoms with van der Waals surface area (Å²) in [7, 11) is 2.50. The van der Waals surface area contributed by atoms with E-state index < -0.39 is 23.3 Å². The summed E-state index contributed by atoms with van der Waals surface area (Å²) in [6.07, 6.45) is 3.67. The van der Waals surface area contributed by atoms with Crippen LogP contribution in [0.2, 0.25) is 0 Å². The molecule has 0 heterocycles. The third-order valence-electron chi connectivity index (χ3n) is 4.56. The van der Waals surface area contributed by atoms with Gasteiger partial charge in [-0.25, -0.2) is 0 Å². The van der Waals surface area contributed by atoms with Crippen molar-refractivity contribution >= 4 is 17.7 Å². The SMILES string of the molecule is CCC(=O)C(C)C(C(=O)OC)(C(=O)OC)C1CCCC1. The Morgan fingerprint density at radius 1 is 1.10 bits per heavy atom. The summed E-state index contributed by atoms with van der Waals surface area (Å²) in [5.74, 6) is -2.33. The topological polar surface area (TPSA) is 69.7 Å². The molecule has 0 aliphatic heterocycles. The van der Waals surface area contributed by atoms with E-state index in [4.69, 9.17) is 9.47 Å². The molecule has 0 N–H and O–H groups in total. The van der Waals surface area contributed by atoms with Crippen LogP contribution in [-0.4, -0.2) is 31.9 Å². The van der Waals surface area contributed by atoms with E-state index in [2.05, 4.69) is 0 Å². The normalized spacial score (nSPS) is 17.6. The van der Waals surface area contributed by atoms with Crippen molar-refractivity contribution < 1.29 is 23.9 Å². The van der Waals surface area contributed by atoms with Crippen molar-refractivity contribution in [3.8, 4) is 0 Å². The van der Waals surface area contributed by atoms with E-state index in [0.717, 1.165) is 25.7 Å². The number of methoxy groups -OCH3 is 2. The van der Waals surface area contributed by atoms with Crippen molar-refractivity contribution in [1.82, 2.24) is 0 Å². The first-order valence-corrected chi connectivity index (χ1v) is 7.16. The number of ketones is 1. The van der Waals surface area contributed by atoms with Crippen LogP contribution in [0.1, 0.15) is 46.0 Å². The molecule has 0 amide bonds. The molecule has 1 aliphatic carbocycles. The summed E-state index contributed by atoms with van der Waals surface area (Å²) >= 11 is 0. The highest BCUT2D eigenvalue weighted by Gasteiger charge is 2.59. The molecule has 0 radical (unpaired) electrons. The van der Waals surface area contributed by atoms with Crippen LogP contribution in [-0.2, 0) is 23.9 Å². The van der Waals surface area contributed by atoms with Gasteiger partial charge in [0, 0.05) is 12.3 Å². The lowest BCUT2D eigenvalue weighted by Gasteiger charge is -2.37. The summed E-state index contributed by atoms with van der Waals surface area (Å²) in [5, 5.41) is 0. The van der Waals surface area contributed by atoms with Gasteiger partial charge in [-0.05, 0) is 18.8 Å². The van der Waals surface area contributed by atoms with Gasteiger partial charge in [0.2, 0.25) is 0 Å². The fraction of sp³-hybridized carbons (Fsp3) is 0.800. The summed E-state index contributed by atoms with van der Waals surface area (Å²) in [6.45, 7) is 3.37. The quantitative estimate of drug-likeness (QED) is 0.552. The van der Waals surface area contributed by atoms with Gasteiger partial charge in [-0.15, -0.1) is 0 Å². The lowest BCUT2D eigenvalue weighted by atomic mass is 9.64. The first-order chi connectivity index (χ1) is 9.46. The van der Waals surface area contributed by atoms with Crippen LogP contribution in [0.15, 0.2) is 0 Å². The van der Waals surface area contributed by atoms with Gasteiger partial charge in [-0.2, -0.15) is 0 Å². The van der Waals surface area contributed by atoms with Crippen LogP contribution in [0.3, 0.4) is 0 Å². The number of rotatable bonds is 6. The minimum Gasteiger partial charge on any atom is -0.468 e. The van der Waals surface area contributed by atoms with E-state index >= 15 is 0 Å². The molecule has 114 valence electrons. The van der Waals surface area contributed by atoms with Crippen LogP contribution >= 0.6 is 0 Å². The zero-order chi connectivity index (χ0) is 15.3. The predicted octanol–water partition coefficient (Wildman–Crippen LogP) is 2.12. The third kappa shape index (κ3) is 2.58. The fourth-order valence-corrected chi connectivity index (χ4v) is 3.40. The van der Waals surface area contributed by atoms with Crippen molar-refractivity contribution in [3.05, 3.63) is 0 Å². The maximum Gasteiger partial charge on any atom is 0.324 e. The molecule has 0 saturated heterocycles. The third-order valence-corrected chi connectivity index (χ3v) is 4.56. The van der Waals surface area contributed by atoms with Gasteiger partial charge in [-0.3, -0.25) is 14.4 Å². The second-order valence-electron chi connectivity index (χ2n) is 5.38. The standard InChI is InChI=1S/C15H24O5/c1-5-12(16)10(2)15(13(17)19-3,14(18)20-4)11-8-6-7-9-11/h10-11H,5-9H2,1-4H3. The number of Topliss-reactive ketones (excluding diaryl/α,β-unsaturated/α-hetero) is 1. The average molecular weight is 284 g/mol. The van der Waals surface area contributed by atoms with Crippen molar-refractivity contribution in [2.24, 2.45) is 17.3 Å². The van der Waals surface area contributed by atoms with Crippen molar-refractivity contribution in [3.63, 3.8) is 0 Å². The van der Waals surface area contributed by atoms with Gasteiger partial charge in [0.05, 0.1) is 14.2 Å². The molecular formula is C15H24O5. The Kier molecular flexibility index (Phi) is 5.72. The maximum atomic E-state index is 12.4. The van der Waals surface area contributed by atoms with Crippen LogP contribution in [0.25, 0.3) is 0 Å². The first-order valence-electron chi connectivity index (χ1n) is 7.16. The summed E-state index contributed by atoms with van der Waals surface area (Å²) in [6, 6.07) is 0. The van der Waals surface area contributed by atoms with Crippen molar-refractivity contribution in [2.75, 3.05) is 14.2 Å². The van der Waals surface area contributed by atoms with Gasteiger partial charge >= 0.3 is 11.9 Å². The molecular weight excluding hydrogens is 260 g/mol. The Morgan fingerprint density at radius 2 is 1.55 bits per heavy atom. The smallest absolute Gasteiger partial charge is 0.324 e. The molecule has 1 aliphatic rings. The lowest BCUT2D eigenvalue weighted by molar-refractivity contribution is -0.181. The second-order valence-corrected chi connectivity index (χ2v) is 5.38. The van der Waals surface area contributed by atoms with Gasteiger partial charge in [0.1, 0.15) is 5.78 Å². The largest absolute Gasteiger partial charge is 0.468 e. The Morgan fingerprint density at radius 3 is 1.90 bits per heavy atom. The molecule has 1 unspecified atom stereocenters. The van der Waals surface area contributed by atoms with E-state index in [9.17, 15) is 14.4 Å². The van der Waals surface area contributed by atoms with Crippen LogP contribution in [0.5, 0.6) is 0 Å². The van der Waals surface area contributed by atoms with Crippen LogP contribution in [0, 0.1) is 17.3 Å². The number of esters is 2. The Bertz CT molecular complexity index is 366. The monoisotopic (exact) mass is 284 g/mol. The lowest BCUT2D eigenvalue weighted by Crippen LogP contribution is -2.53. The number of hydrogen-bond donors (Lipinski definition) is 0. The Labute approximate surface area is 120 Å². The van der Waals surface area contributed by atoms with Crippen molar-refractivity contribution in [1.29, 1.82) is 0 Å². The zero-order valence-corrected chi connectivity index (χ0v) is 12.7. The average Bonchev–Trinajstić information content (AvgIpc) is 3.00. The summed E-state index contributed by atoms with van der Waals surface area (Å²) in [5.41, 5.74) is -1.49. The highest BCUT2D eigenvalue weighted by Crippen LogP contribution is 2.47. The van der Waals surface area contributed by atoms with Gasteiger partial charge in [0.25, 0.3) is 0 Å². The zero-order valence-electron chi connectivity index (χ0n) is 12.7. The number of carbonyl (C=O) groups is 3. The number of hydrogen-bond acceptors (Lipinski definition) is 5. The molecule has 0 aromatic rings. The Balaban J connectivity index is 3.35. The molecule has 0 aromatic carbocycles. The maximum absolute atomic E-state index is 12.4. The fourth-order valence-electron chi connectivity index (χ4n) is 3.40. The minimum absolute atomic E-state index is 0.118. The number of carbonyl (C=O) groups excluding carboxylic acids is 3. The molecule has 1 atom stereocenters. The summed E-state index contributed by atoms with van der Waals surface area (Å²) < 4.78 is 9.75. The number of ether oxygens (including phenoxy) is 2. The molecule has 0 aromatic heterocycles. The van der Waals surface area contributed by atoms with Crippen LogP contribution < -0.4 is 0 Å². The molecule has 5 heteroatoms. The second kappa shape index (κ2) is 6.86. The summed E-state index contributed by atoms with van der Waals surface area (Å²) in [4.78, 5) is 37.0. The first kappa shape index (κ1) is 16.7. The molecule has 20 heavy (non-hydrogen) atoms. The minimum atomic E-state index is -1.49. The van der Waals surface area contributed by atoms with E-state index in [1.54, 1.807) is 13.8 Å². The van der Waals surface area contributed by atoms with E-state index in [1.807, 2.05) is 0 Å². The van der Waals surface area contributed by atoms with Gasteiger partial charge in [0.15, 0.2) is 5.41 Å². The highest BCUT2D eigenvalue weighted by atomic mass is 16.5. The van der Waals surface area contributed by atoms with Crippen molar-refractivity contribution in [2.45, 2.75) is 46.0 Å². The molecule has 0 bridgehead atoms. The van der Waals surface area contributed by atoms with Crippen LogP contribution in [0.4, 0.5) is 0 Å². The van der Waals surface area contributed by atoms with E-state index in [-0.39, 0.29) is 18.1 Å². The van der Waals surface area contributed by atoms with E-state index in [1.165, 1.54) is 14.2 Å². The van der Waals surface area contributed by atoms with Gasteiger partial charge < -0.3 is 9.47 Å². The highest BCUT2D eigenvalue weighted by molar-refractivity contribution is 6.05. The molecule has 0 spiro atoms. The predicted molar refractivity (Wildman–Crippen MR) is 72.9 cm³/mol. The van der Waals surface area contributed by atoms with E-state index in [0.29, 0.717) is 0 Å². The van der Waals surface area contributed by atoms with Gasteiger partial charge in [-0.1, -0.05) is 26.7 Å². The molecule has 5 nitrogen and oxygen atoms in total. The Hall–Kier alpha value is -1.39. The molecule has 1 rings (SSSR count). The molecule has 1 fully saturated rings.